The van der Waals surface area contributed by atoms with Gasteiger partial charge in [0.1, 0.15) is 5.52 Å². The minimum atomic E-state index is -0.686. The van der Waals surface area contributed by atoms with Gasteiger partial charge in [-0.25, -0.2) is 4.98 Å². The van der Waals surface area contributed by atoms with Crippen LogP contribution in [0.2, 0.25) is 0 Å². The number of carboxylic acid groups (broad SMARTS) is 1. The maximum atomic E-state index is 10.9. The van der Waals surface area contributed by atoms with Crippen LogP contribution in [0.5, 0.6) is 0 Å². The first kappa shape index (κ1) is 11.1. The van der Waals surface area contributed by atoms with E-state index in [0.717, 1.165) is 29.9 Å². The first-order valence-corrected chi connectivity index (χ1v) is 6.05. The summed E-state index contributed by atoms with van der Waals surface area (Å²) in [4.78, 5) is 17.3. The van der Waals surface area contributed by atoms with Crippen molar-refractivity contribution in [3.63, 3.8) is 0 Å². The van der Waals surface area contributed by atoms with E-state index < -0.39 is 5.97 Å². The highest BCUT2D eigenvalue weighted by atomic mass is 16.4. The van der Waals surface area contributed by atoms with Crippen LogP contribution in [0.25, 0.3) is 11.1 Å². The van der Waals surface area contributed by atoms with Crippen LogP contribution in [-0.4, -0.2) is 29.1 Å². The topological polar surface area (TPSA) is 66.6 Å². The first-order chi connectivity index (χ1) is 8.75. The SMILES string of the molecule is O=C(O)C1CCN(c2cccc3ocnc23)CC1. The summed E-state index contributed by atoms with van der Waals surface area (Å²) in [6.45, 7) is 1.51. The molecule has 0 saturated carbocycles. The van der Waals surface area contributed by atoms with Crippen molar-refractivity contribution in [2.75, 3.05) is 18.0 Å². The third-order valence-corrected chi connectivity index (χ3v) is 3.52. The number of aliphatic carboxylic acids is 1. The maximum absolute atomic E-state index is 10.9. The molecular weight excluding hydrogens is 232 g/mol. The Hall–Kier alpha value is -2.04. The number of piperidine rings is 1. The molecule has 18 heavy (non-hydrogen) atoms. The van der Waals surface area contributed by atoms with Gasteiger partial charge in [0, 0.05) is 13.1 Å². The van der Waals surface area contributed by atoms with Gasteiger partial charge < -0.3 is 14.4 Å². The Labute approximate surface area is 104 Å². The molecule has 0 atom stereocenters. The lowest BCUT2D eigenvalue weighted by Gasteiger charge is -2.31. The van der Waals surface area contributed by atoms with Crippen molar-refractivity contribution in [3.05, 3.63) is 24.6 Å². The Morgan fingerprint density at radius 1 is 1.39 bits per heavy atom. The summed E-state index contributed by atoms with van der Waals surface area (Å²) >= 11 is 0. The highest BCUT2D eigenvalue weighted by Crippen LogP contribution is 2.29. The molecular formula is C13H14N2O3. The molecule has 2 heterocycles. The van der Waals surface area contributed by atoms with E-state index in [4.69, 9.17) is 9.52 Å². The molecule has 0 radical (unpaired) electrons. The Morgan fingerprint density at radius 3 is 2.89 bits per heavy atom. The van der Waals surface area contributed by atoms with Crippen LogP contribution in [0.15, 0.2) is 29.0 Å². The predicted molar refractivity (Wildman–Crippen MR) is 66.6 cm³/mol. The summed E-state index contributed by atoms with van der Waals surface area (Å²) in [5.41, 5.74) is 2.66. The highest BCUT2D eigenvalue weighted by molar-refractivity contribution is 5.87. The van der Waals surface area contributed by atoms with Gasteiger partial charge in [-0.2, -0.15) is 0 Å². The number of oxazole rings is 1. The second-order valence-corrected chi connectivity index (χ2v) is 4.58. The summed E-state index contributed by atoms with van der Waals surface area (Å²) in [6.07, 6.45) is 2.81. The fourth-order valence-electron chi connectivity index (χ4n) is 2.49. The molecule has 5 nitrogen and oxygen atoms in total. The quantitative estimate of drug-likeness (QED) is 0.879. The predicted octanol–water partition coefficient (Wildman–Crippen LogP) is 2.13. The zero-order valence-corrected chi connectivity index (χ0v) is 9.87. The van der Waals surface area contributed by atoms with Crippen molar-refractivity contribution < 1.29 is 14.3 Å². The number of fused-ring (bicyclic) bond motifs is 1. The molecule has 0 unspecified atom stereocenters. The molecule has 5 heteroatoms. The lowest BCUT2D eigenvalue weighted by atomic mass is 9.96. The van der Waals surface area contributed by atoms with E-state index in [9.17, 15) is 4.79 Å². The number of rotatable bonds is 2. The molecule has 1 aliphatic rings. The van der Waals surface area contributed by atoms with Crippen LogP contribution >= 0.6 is 0 Å². The summed E-state index contributed by atoms with van der Waals surface area (Å²) in [7, 11) is 0. The van der Waals surface area contributed by atoms with Gasteiger partial charge in [-0.05, 0) is 25.0 Å². The van der Waals surface area contributed by atoms with Gasteiger partial charge in [0.15, 0.2) is 12.0 Å². The minimum absolute atomic E-state index is 0.210. The molecule has 94 valence electrons. The van der Waals surface area contributed by atoms with Crippen molar-refractivity contribution >= 4 is 22.8 Å². The zero-order chi connectivity index (χ0) is 12.5. The molecule has 1 N–H and O–H groups in total. The average Bonchev–Trinajstić information content (AvgIpc) is 2.87. The monoisotopic (exact) mass is 246 g/mol. The molecule has 1 saturated heterocycles. The highest BCUT2D eigenvalue weighted by Gasteiger charge is 2.25. The lowest BCUT2D eigenvalue weighted by molar-refractivity contribution is -0.142. The fraction of sp³-hybridized carbons (Fsp3) is 0.385. The van der Waals surface area contributed by atoms with Crippen LogP contribution in [0.3, 0.4) is 0 Å². The maximum Gasteiger partial charge on any atom is 0.306 e. The third kappa shape index (κ3) is 1.81. The molecule has 1 aliphatic heterocycles. The standard InChI is InChI=1S/C13H14N2O3/c16-13(17)9-4-6-15(7-5-9)10-2-1-3-11-12(10)14-8-18-11/h1-3,8-9H,4-7H2,(H,16,17). The molecule has 0 bridgehead atoms. The van der Waals surface area contributed by atoms with E-state index in [-0.39, 0.29) is 5.92 Å². The van der Waals surface area contributed by atoms with Gasteiger partial charge in [-0.1, -0.05) is 6.07 Å². The lowest BCUT2D eigenvalue weighted by Crippen LogP contribution is -2.36. The van der Waals surface area contributed by atoms with Gasteiger partial charge in [-0.15, -0.1) is 0 Å². The largest absolute Gasteiger partial charge is 0.481 e. The Bertz CT molecular complexity index is 570. The number of hydrogen-bond donors (Lipinski definition) is 1. The van der Waals surface area contributed by atoms with Gasteiger partial charge in [0.25, 0.3) is 0 Å². The average molecular weight is 246 g/mol. The number of benzene rings is 1. The van der Waals surface area contributed by atoms with E-state index in [1.54, 1.807) is 0 Å². The summed E-state index contributed by atoms with van der Waals surface area (Å²) < 4.78 is 5.28. The second kappa shape index (κ2) is 4.33. The molecule has 2 aromatic rings. The van der Waals surface area contributed by atoms with Crippen molar-refractivity contribution in [2.45, 2.75) is 12.8 Å². The fourth-order valence-corrected chi connectivity index (χ4v) is 2.49. The smallest absolute Gasteiger partial charge is 0.306 e. The number of carboxylic acids is 1. The minimum Gasteiger partial charge on any atom is -0.481 e. The van der Waals surface area contributed by atoms with E-state index >= 15 is 0 Å². The normalized spacial score (nSPS) is 17.2. The third-order valence-electron chi connectivity index (χ3n) is 3.52. The summed E-state index contributed by atoms with van der Waals surface area (Å²) in [5, 5.41) is 8.99. The molecule has 1 aromatic carbocycles. The zero-order valence-electron chi connectivity index (χ0n) is 9.87. The van der Waals surface area contributed by atoms with Gasteiger partial charge in [0.2, 0.25) is 0 Å². The van der Waals surface area contributed by atoms with E-state index in [1.807, 2.05) is 18.2 Å². The van der Waals surface area contributed by atoms with Gasteiger partial charge >= 0.3 is 5.97 Å². The van der Waals surface area contributed by atoms with Crippen molar-refractivity contribution in [1.82, 2.24) is 4.98 Å². The summed E-state index contributed by atoms with van der Waals surface area (Å²) in [6, 6.07) is 5.83. The molecule has 0 spiro atoms. The number of hydrogen-bond acceptors (Lipinski definition) is 4. The van der Waals surface area contributed by atoms with Crippen molar-refractivity contribution in [2.24, 2.45) is 5.92 Å². The number of anilines is 1. The van der Waals surface area contributed by atoms with Crippen LogP contribution in [0.4, 0.5) is 5.69 Å². The van der Waals surface area contributed by atoms with Crippen LogP contribution in [-0.2, 0) is 4.79 Å². The molecule has 1 fully saturated rings. The van der Waals surface area contributed by atoms with Gasteiger partial charge in [0.05, 0.1) is 11.6 Å². The second-order valence-electron chi connectivity index (χ2n) is 4.58. The number of para-hydroxylation sites is 1. The number of carbonyl (C=O) groups is 1. The molecule has 0 aliphatic carbocycles. The van der Waals surface area contributed by atoms with E-state index in [0.29, 0.717) is 12.8 Å². The number of nitrogens with zero attached hydrogens (tertiary/aromatic N) is 2. The summed E-state index contributed by atoms with van der Waals surface area (Å²) in [5.74, 6) is -0.896. The van der Waals surface area contributed by atoms with E-state index in [2.05, 4.69) is 9.88 Å². The number of aromatic nitrogens is 1. The van der Waals surface area contributed by atoms with Gasteiger partial charge in [-0.3, -0.25) is 4.79 Å². The van der Waals surface area contributed by atoms with Crippen LogP contribution in [0.1, 0.15) is 12.8 Å². The van der Waals surface area contributed by atoms with Crippen LogP contribution < -0.4 is 4.90 Å². The molecule has 1 aromatic heterocycles. The Morgan fingerprint density at radius 2 is 2.17 bits per heavy atom. The molecule has 3 rings (SSSR count). The first-order valence-electron chi connectivity index (χ1n) is 6.05. The van der Waals surface area contributed by atoms with Crippen molar-refractivity contribution in [3.8, 4) is 0 Å². The van der Waals surface area contributed by atoms with E-state index in [1.165, 1.54) is 6.39 Å². The molecule has 0 amide bonds. The van der Waals surface area contributed by atoms with Crippen LogP contribution in [0, 0.1) is 5.92 Å². The Kier molecular flexibility index (Phi) is 2.66. The van der Waals surface area contributed by atoms with Crippen molar-refractivity contribution in [1.29, 1.82) is 0 Å². The Balaban J connectivity index is 1.84.